The zero-order chi connectivity index (χ0) is 13.8. The van der Waals surface area contributed by atoms with E-state index in [2.05, 4.69) is 17.0 Å². The molecule has 1 heterocycles. The molecule has 1 aromatic rings. The van der Waals surface area contributed by atoms with E-state index >= 15 is 0 Å². The van der Waals surface area contributed by atoms with Gasteiger partial charge in [-0.05, 0) is 36.8 Å². The number of nitrogens with two attached hydrogens (primary N) is 1. The molecule has 0 aliphatic carbocycles. The number of nitrogens with one attached hydrogen (secondary N) is 1. The Labute approximate surface area is 114 Å². The van der Waals surface area contributed by atoms with Crippen LogP contribution in [0.1, 0.15) is 36.8 Å². The van der Waals surface area contributed by atoms with E-state index in [0.29, 0.717) is 18.2 Å². The standard InChI is InChI=1S/C15H21N3O/c1-11(16)18-8-6-14(7-9-18)13-4-2-12(3-5-13)10-15(17)19/h2-5,14,16H,6-10H2,1H3,(H2,17,19). The fourth-order valence-corrected chi connectivity index (χ4v) is 2.66. The van der Waals surface area contributed by atoms with Gasteiger partial charge < -0.3 is 10.6 Å². The first-order valence-electron chi connectivity index (χ1n) is 6.73. The maximum Gasteiger partial charge on any atom is 0.221 e. The van der Waals surface area contributed by atoms with Crippen LogP contribution in [0.2, 0.25) is 0 Å². The first kappa shape index (κ1) is 13.6. The molecule has 1 fully saturated rings. The lowest BCUT2D eigenvalue weighted by Gasteiger charge is -2.33. The number of nitrogens with zero attached hydrogens (tertiary/aromatic N) is 1. The molecule has 4 heteroatoms. The van der Waals surface area contributed by atoms with Gasteiger partial charge in [0, 0.05) is 13.1 Å². The van der Waals surface area contributed by atoms with Crippen molar-refractivity contribution in [2.45, 2.75) is 32.1 Å². The maximum atomic E-state index is 10.9. The van der Waals surface area contributed by atoms with E-state index in [4.69, 9.17) is 11.1 Å². The van der Waals surface area contributed by atoms with Gasteiger partial charge in [-0.25, -0.2) is 0 Å². The Kier molecular flexibility index (Phi) is 4.20. The highest BCUT2D eigenvalue weighted by Gasteiger charge is 2.20. The molecule has 3 N–H and O–H groups in total. The van der Waals surface area contributed by atoms with Crippen LogP contribution >= 0.6 is 0 Å². The number of benzene rings is 1. The summed E-state index contributed by atoms with van der Waals surface area (Å²) >= 11 is 0. The van der Waals surface area contributed by atoms with E-state index < -0.39 is 0 Å². The van der Waals surface area contributed by atoms with E-state index in [9.17, 15) is 4.79 Å². The average molecular weight is 259 g/mol. The molecule has 0 atom stereocenters. The number of amides is 1. The van der Waals surface area contributed by atoms with Crippen molar-refractivity contribution in [3.63, 3.8) is 0 Å². The van der Waals surface area contributed by atoms with Crippen LogP contribution in [-0.2, 0) is 11.2 Å². The summed E-state index contributed by atoms with van der Waals surface area (Å²) in [6.45, 7) is 3.77. The second kappa shape index (κ2) is 5.87. The molecule has 19 heavy (non-hydrogen) atoms. The Morgan fingerprint density at radius 2 is 1.89 bits per heavy atom. The minimum atomic E-state index is -0.289. The van der Waals surface area contributed by atoms with Gasteiger partial charge in [-0.2, -0.15) is 0 Å². The molecular weight excluding hydrogens is 238 g/mol. The van der Waals surface area contributed by atoms with Gasteiger partial charge in [-0.15, -0.1) is 0 Å². The molecule has 2 rings (SSSR count). The number of carbonyl (C=O) groups is 1. The number of piperidine rings is 1. The Bertz CT molecular complexity index is 459. The first-order chi connectivity index (χ1) is 9.06. The quantitative estimate of drug-likeness (QED) is 0.643. The number of rotatable bonds is 3. The zero-order valence-electron chi connectivity index (χ0n) is 11.4. The summed E-state index contributed by atoms with van der Waals surface area (Å²) in [5.74, 6) is 0.941. The van der Waals surface area contributed by atoms with Crippen LogP contribution in [0, 0.1) is 5.41 Å². The molecule has 0 radical (unpaired) electrons. The third-order valence-corrected chi connectivity index (χ3v) is 3.80. The number of carbonyl (C=O) groups excluding carboxylic acids is 1. The lowest BCUT2D eigenvalue weighted by molar-refractivity contribution is -0.117. The highest BCUT2D eigenvalue weighted by molar-refractivity contribution is 5.76. The average Bonchev–Trinajstić information content (AvgIpc) is 2.39. The van der Waals surface area contributed by atoms with E-state index in [1.54, 1.807) is 0 Å². The van der Waals surface area contributed by atoms with E-state index in [-0.39, 0.29) is 5.91 Å². The highest BCUT2D eigenvalue weighted by atomic mass is 16.1. The molecule has 1 saturated heterocycles. The van der Waals surface area contributed by atoms with Crippen molar-refractivity contribution >= 4 is 11.7 Å². The van der Waals surface area contributed by atoms with Crippen molar-refractivity contribution in [2.75, 3.05) is 13.1 Å². The van der Waals surface area contributed by atoms with Gasteiger partial charge in [0.15, 0.2) is 0 Å². The summed E-state index contributed by atoms with van der Waals surface area (Å²) in [6.07, 6.45) is 2.49. The highest BCUT2D eigenvalue weighted by Crippen LogP contribution is 2.28. The third-order valence-electron chi connectivity index (χ3n) is 3.80. The Morgan fingerprint density at radius 1 is 1.32 bits per heavy atom. The molecule has 1 amide bonds. The molecule has 0 unspecified atom stereocenters. The normalized spacial score (nSPS) is 16.4. The maximum absolute atomic E-state index is 10.9. The fourth-order valence-electron chi connectivity index (χ4n) is 2.66. The predicted molar refractivity (Wildman–Crippen MR) is 76.3 cm³/mol. The van der Waals surface area contributed by atoms with Crippen LogP contribution in [0.4, 0.5) is 0 Å². The van der Waals surface area contributed by atoms with Gasteiger partial charge >= 0.3 is 0 Å². The second-order valence-electron chi connectivity index (χ2n) is 5.23. The summed E-state index contributed by atoms with van der Waals surface area (Å²) in [5.41, 5.74) is 7.49. The summed E-state index contributed by atoms with van der Waals surface area (Å²) in [5, 5.41) is 7.63. The molecule has 0 bridgehead atoms. The molecule has 1 aliphatic rings. The number of hydrogen-bond donors (Lipinski definition) is 2. The molecule has 1 aromatic carbocycles. The smallest absolute Gasteiger partial charge is 0.221 e. The number of primary amides is 1. The Morgan fingerprint density at radius 3 is 2.37 bits per heavy atom. The molecule has 0 aromatic heterocycles. The largest absolute Gasteiger partial charge is 0.369 e. The van der Waals surface area contributed by atoms with E-state index in [1.807, 2.05) is 19.1 Å². The minimum absolute atomic E-state index is 0.289. The second-order valence-corrected chi connectivity index (χ2v) is 5.23. The van der Waals surface area contributed by atoms with Crippen molar-refractivity contribution in [3.05, 3.63) is 35.4 Å². The predicted octanol–water partition coefficient (Wildman–Crippen LogP) is 1.89. The van der Waals surface area contributed by atoms with Crippen LogP contribution < -0.4 is 5.73 Å². The summed E-state index contributed by atoms with van der Waals surface area (Å²) in [4.78, 5) is 13.0. The number of hydrogen-bond acceptors (Lipinski definition) is 2. The van der Waals surface area contributed by atoms with Gasteiger partial charge in [0.25, 0.3) is 0 Å². The van der Waals surface area contributed by atoms with Gasteiger partial charge in [0.05, 0.1) is 12.3 Å². The Hall–Kier alpha value is -1.84. The molecule has 1 aliphatic heterocycles. The van der Waals surface area contributed by atoms with Crippen molar-refractivity contribution in [1.82, 2.24) is 4.90 Å². The Balaban J connectivity index is 1.96. The summed E-state index contributed by atoms with van der Waals surface area (Å²) in [6, 6.07) is 8.20. The lowest BCUT2D eigenvalue weighted by Crippen LogP contribution is -2.35. The van der Waals surface area contributed by atoms with Crippen LogP contribution in [-0.4, -0.2) is 29.7 Å². The molecular formula is C15H21N3O. The monoisotopic (exact) mass is 259 g/mol. The van der Waals surface area contributed by atoms with Crippen molar-refractivity contribution in [3.8, 4) is 0 Å². The van der Waals surface area contributed by atoms with Crippen LogP contribution in [0.3, 0.4) is 0 Å². The van der Waals surface area contributed by atoms with E-state index in [0.717, 1.165) is 31.5 Å². The first-order valence-corrected chi connectivity index (χ1v) is 6.73. The van der Waals surface area contributed by atoms with Crippen LogP contribution in [0.5, 0.6) is 0 Å². The SMILES string of the molecule is CC(=N)N1CCC(c2ccc(CC(N)=O)cc2)CC1. The summed E-state index contributed by atoms with van der Waals surface area (Å²) in [7, 11) is 0. The summed E-state index contributed by atoms with van der Waals surface area (Å²) < 4.78 is 0. The van der Waals surface area contributed by atoms with Gasteiger partial charge in [0.2, 0.25) is 5.91 Å². The molecule has 4 nitrogen and oxygen atoms in total. The fraction of sp³-hybridized carbons (Fsp3) is 0.467. The van der Waals surface area contributed by atoms with Gasteiger partial charge in [0.1, 0.15) is 0 Å². The van der Waals surface area contributed by atoms with Crippen LogP contribution in [0.15, 0.2) is 24.3 Å². The topological polar surface area (TPSA) is 70.2 Å². The van der Waals surface area contributed by atoms with E-state index in [1.165, 1.54) is 5.56 Å². The van der Waals surface area contributed by atoms with Gasteiger partial charge in [-0.1, -0.05) is 24.3 Å². The number of likely N-dealkylation sites (tertiary alicyclic amines) is 1. The zero-order valence-corrected chi connectivity index (χ0v) is 11.4. The molecule has 0 saturated carbocycles. The lowest BCUT2D eigenvalue weighted by atomic mass is 9.89. The molecule has 0 spiro atoms. The minimum Gasteiger partial charge on any atom is -0.369 e. The van der Waals surface area contributed by atoms with Crippen molar-refractivity contribution < 1.29 is 4.79 Å². The number of amidine groups is 1. The third kappa shape index (κ3) is 3.56. The molecule has 102 valence electrons. The van der Waals surface area contributed by atoms with Crippen LogP contribution in [0.25, 0.3) is 0 Å². The van der Waals surface area contributed by atoms with Crippen molar-refractivity contribution in [2.24, 2.45) is 5.73 Å². The van der Waals surface area contributed by atoms with Gasteiger partial charge in [-0.3, -0.25) is 10.2 Å². The van der Waals surface area contributed by atoms with Crippen molar-refractivity contribution in [1.29, 1.82) is 5.41 Å².